The number of hydrogen-bond acceptors (Lipinski definition) is 4. The van der Waals surface area contributed by atoms with Crippen LogP contribution in [0.3, 0.4) is 0 Å². The number of hydrogen-bond donors (Lipinski definition) is 0. The van der Waals surface area contributed by atoms with Crippen molar-refractivity contribution in [1.29, 1.82) is 0 Å². The van der Waals surface area contributed by atoms with Gasteiger partial charge in [-0.25, -0.2) is 0 Å². The van der Waals surface area contributed by atoms with Gasteiger partial charge in [0.25, 0.3) is 0 Å². The first kappa shape index (κ1) is 21.7. The zero-order valence-corrected chi connectivity index (χ0v) is 18.6. The molecule has 2 heterocycles. The molecule has 0 saturated carbocycles. The molecule has 2 atom stereocenters. The lowest BCUT2D eigenvalue weighted by Crippen LogP contribution is -2.23. The van der Waals surface area contributed by atoms with Crippen LogP contribution < -0.4 is 9.47 Å². The van der Waals surface area contributed by atoms with E-state index in [2.05, 4.69) is 63.4 Å². The lowest BCUT2D eigenvalue weighted by Gasteiger charge is -2.31. The summed E-state index contributed by atoms with van der Waals surface area (Å²) in [6.07, 6.45) is 5.96. The van der Waals surface area contributed by atoms with Crippen LogP contribution in [0.15, 0.2) is 61.7 Å². The van der Waals surface area contributed by atoms with E-state index in [-0.39, 0.29) is 17.6 Å². The Labute approximate surface area is 185 Å². The van der Waals surface area contributed by atoms with Crippen LogP contribution in [0.1, 0.15) is 36.1 Å². The molecule has 0 bridgehead atoms. The predicted octanol–water partition coefficient (Wildman–Crippen LogP) is 5.02. The Kier molecular flexibility index (Phi) is 6.49. The van der Waals surface area contributed by atoms with E-state index in [0.29, 0.717) is 13.2 Å². The van der Waals surface area contributed by atoms with E-state index in [0.717, 1.165) is 37.6 Å². The van der Waals surface area contributed by atoms with Crippen LogP contribution in [0.4, 0.5) is 0 Å². The summed E-state index contributed by atoms with van der Waals surface area (Å²) < 4.78 is 22.4. The van der Waals surface area contributed by atoms with Gasteiger partial charge in [-0.3, -0.25) is 0 Å². The highest BCUT2D eigenvalue weighted by atomic mass is 16.6. The highest BCUT2D eigenvalue weighted by molar-refractivity contribution is 5.50. The largest absolute Gasteiger partial charge is 0.491 e. The Morgan fingerprint density at radius 3 is 1.61 bits per heavy atom. The maximum atomic E-state index is 5.92. The zero-order chi connectivity index (χ0) is 21.8. The molecule has 4 heteroatoms. The molecule has 2 unspecified atom stereocenters. The number of epoxide rings is 2. The first-order valence-corrected chi connectivity index (χ1v) is 11.0. The lowest BCUT2D eigenvalue weighted by molar-refractivity contribution is 0.262. The van der Waals surface area contributed by atoms with Gasteiger partial charge in [0.2, 0.25) is 0 Å². The van der Waals surface area contributed by atoms with Crippen LogP contribution in [0.5, 0.6) is 11.5 Å². The number of rotatable bonds is 12. The second-order valence-electron chi connectivity index (χ2n) is 8.78. The SMILES string of the molecule is C=CCc1cc(OCC2CO2)ccc1C(C)(C)c1ccc(OCC2CO2)cc1CC=C. The summed E-state index contributed by atoms with van der Waals surface area (Å²) in [6, 6.07) is 12.8. The van der Waals surface area contributed by atoms with Gasteiger partial charge in [-0.1, -0.05) is 38.1 Å². The van der Waals surface area contributed by atoms with E-state index in [4.69, 9.17) is 18.9 Å². The van der Waals surface area contributed by atoms with Gasteiger partial charge in [0.1, 0.15) is 36.9 Å². The van der Waals surface area contributed by atoms with Crippen LogP contribution in [0.2, 0.25) is 0 Å². The molecule has 0 amide bonds. The first-order chi connectivity index (χ1) is 15.0. The van der Waals surface area contributed by atoms with Crippen LogP contribution in [0.25, 0.3) is 0 Å². The van der Waals surface area contributed by atoms with Crippen LogP contribution >= 0.6 is 0 Å². The summed E-state index contributed by atoms with van der Waals surface area (Å²) in [5.41, 5.74) is 4.79. The van der Waals surface area contributed by atoms with Gasteiger partial charge in [-0.15, -0.1) is 13.2 Å². The summed E-state index contributed by atoms with van der Waals surface area (Å²) in [4.78, 5) is 0. The second kappa shape index (κ2) is 9.29. The van der Waals surface area contributed by atoms with Crippen molar-refractivity contribution in [3.63, 3.8) is 0 Å². The average Bonchev–Trinajstić information content (AvgIpc) is 3.66. The Balaban J connectivity index is 1.63. The lowest BCUT2D eigenvalue weighted by atomic mass is 9.73. The van der Waals surface area contributed by atoms with Gasteiger partial charge in [-0.05, 0) is 59.4 Å². The Morgan fingerprint density at radius 2 is 1.26 bits per heavy atom. The molecule has 164 valence electrons. The van der Waals surface area contributed by atoms with Gasteiger partial charge in [0.15, 0.2) is 0 Å². The molecular weight excluding hydrogens is 388 g/mol. The Morgan fingerprint density at radius 1 is 0.839 bits per heavy atom. The minimum Gasteiger partial charge on any atom is -0.491 e. The Hall–Kier alpha value is -2.56. The van der Waals surface area contributed by atoms with E-state index in [9.17, 15) is 0 Å². The standard InChI is InChI=1S/C27H32O4/c1-5-7-19-13-21(28-15-23-17-30-23)9-11-25(19)27(3,4)26-12-10-22(14-20(26)8-6-2)29-16-24-18-31-24/h5-6,9-14,23-24H,1-2,7-8,15-18H2,3-4H3. The van der Waals surface area contributed by atoms with E-state index < -0.39 is 0 Å². The second-order valence-corrected chi connectivity index (χ2v) is 8.78. The molecule has 4 rings (SSSR count). The molecule has 2 aromatic rings. The molecule has 4 nitrogen and oxygen atoms in total. The molecule has 2 saturated heterocycles. The minimum absolute atomic E-state index is 0.201. The Bertz CT molecular complexity index is 863. The van der Waals surface area contributed by atoms with Gasteiger partial charge >= 0.3 is 0 Å². The molecule has 0 spiro atoms. The third kappa shape index (κ3) is 5.38. The average molecular weight is 421 g/mol. The summed E-state index contributed by atoms with van der Waals surface area (Å²) in [5.74, 6) is 1.76. The van der Waals surface area contributed by atoms with Gasteiger partial charge in [-0.2, -0.15) is 0 Å². The smallest absolute Gasteiger partial charge is 0.119 e. The van der Waals surface area contributed by atoms with Crippen LogP contribution in [0, 0.1) is 0 Å². The van der Waals surface area contributed by atoms with Gasteiger partial charge in [0.05, 0.1) is 13.2 Å². The van der Waals surface area contributed by atoms with Crippen molar-refractivity contribution < 1.29 is 18.9 Å². The maximum absolute atomic E-state index is 5.92. The van der Waals surface area contributed by atoms with Crippen molar-refractivity contribution in [2.75, 3.05) is 26.4 Å². The van der Waals surface area contributed by atoms with Crippen molar-refractivity contribution in [2.24, 2.45) is 0 Å². The van der Waals surface area contributed by atoms with Crippen LogP contribution in [-0.4, -0.2) is 38.6 Å². The predicted molar refractivity (Wildman–Crippen MR) is 123 cm³/mol. The molecule has 2 aliphatic rings. The van der Waals surface area contributed by atoms with E-state index in [1.54, 1.807) is 0 Å². The van der Waals surface area contributed by atoms with Crippen molar-refractivity contribution in [3.8, 4) is 11.5 Å². The third-order valence-corrected chi connectivity index (χ3v) is 5.91. The normalized spacial score (nSPS) is 19.5. The number of allylic oxidation sites excluding steroid dienone is 2. The molecule has 0 aliphatic carbocycles. The summed E-state index contributed by atoms with van der Waals surface area (Å²) in [7, 11) is 0. The van der Waals surface area contributed by atoms with Gasteiger partial charge in [0, 0.05) is 5.41 Å². The quantitative estimate of drug-likeness (QED) is 0.357. The molecule has 2 aromatic carbocycles. The van der Waals surface area contributed by atoms with Crippen molar-refractivity contribution in [2.45, 2.75) is 44.3 Å². The van der Waals surface area contributed by atoms with E-state index >= 15 is 0 Å². The fourth-order valence-corrected chi connectivity index (χ4v) is 4.04. The molecule has 31 heavy (non-hydrogen) atoms. The molecule has 2 fully saturated rings. The summed E-state index contributed by atoms with van der Waals surface area (Å²) in [6.45, 7) is 15.3. The van der Waals surface area contributed by atoms with E-state index in [1.165, 1.54) is 22.3 Å². The van der Waals surface area contributed by atoms with Crippen LogP contribution in [-0.2, 0) is 27.7 Å². The topological polar surface area (TPSA) is 43.5 Å². The number of benzene rings is 2. The zero-order valence-electron chi connectivity index (χ0n) is 18.6. The monoisotopic (exact) mass is 420 g/mol. The van der Waals surface area contributed by atoms with E-state index in [1.807, 2.05) is 12.2 Å². The molecule has 0 radical (unpaired) electrons. The highest BCUT2D eigenvalue weighted by Crippen LogP contribution is 2.39. The minimum atomic E-state index is -0.201. The fraction of sp³-hybridized carbons (Fsp3) is 0.407. The molecule has 0 N–H and O–H groups in total. The third-order valence-electron chi connectivity index (χ3n) is 5.91. The summed E-state index contributed by atoms with van der Waals surface area (Å²) in [5, 5.41) is 0. The van der Waals surface area contributed by atoms with Crippen molar-refractivity contribution in [3.05, 3.63) is 84.0 Å². The molecule has 0 aromatic heterocycles. The van der Waals surface area contributed by atoms with Crippen molar-refractivity contribution in [1.82, 2.24) is 0 Å². The molecule has 2 aliphatic heterocycles. The number of ether oxygens (including phenoxy) is 4. The maximum Gasteiger partial charge on any atom is 0.119 e. The highest BCUT2D eigenvalue weighted by Gasteiger charge is 2.29. The van der Waals surface area contributed by atoms with Gasteiger partial charge < -0.3 is 18.9 Å². The summed E-state index contributed by atoms with van der Waals surface area (Å²) >= 11 is 0. The molecular formula is C27H32O4. The fourth-order valence-electron chi connectivity index (χ4n) is 4.04. The van der Waals surface area contributed by atoms with Crippen molar-refractivity contribution >= 4 is 0 Å². The first-order valence-electron chi connectivity index (χ1n) is 11.0.